The Balaban J connectivity index is 1.59. The molecule has 1 aromatic rings. The van der Waals surface area contributed by atoms with Gasteiger partial charge in [0.1, 0.15) is 11.6 Å². The highest BCUT2D eigenvalue weighted by atomic mass is 15.2. The molecule has 4 unspecified atom stereocenters. The van der Waals surface area contributed by atoms with Crippen molar-refractivity contribution in [1.82, 2.24) is 10.2 Å². The Bertz CT molecular complexity index is 573. The molecule has 4 nitrogen and oxygen atoms in total. The summed E-state index contributed by atoms with van der Waals surface area (Å²) in [6, 6.07) is 2.83. The molecular weight excluding hydrogens is 236 g/mol. The quantitative estimate of drug-likeness (QED) is 0.880. The van der Waals surface area contributed by atoms with Crippen LogP contribution in [0.15, 0.2) is 0 Å². The Hall–Kier alpha value is -1.63. The molecule has 98 valence electrons. The molecule has 4 rings (SSSR count). The zero-order valence-corrected chi connectivity index (χ0v) is 11.3. The van der Waals surface area contributed by atoms with E-state index in [1.165, 1.54) is 19.3 Å². The van der Waals surface area contributed by atoms with E-state index in [2.05, 4.69) is 21.6 Å². The van der Waals surface area contributed by atoms with E-state index in [9.17, 15) is 5.26 Å². The van der Waals surface area contributed by atoms with Gasteiger partial charge in [-0.1, -0.05) is 0 Å². The van der Waals surface area contributed by atoms with Crippen LogP contribution >= 0.6 is 0 Å². The monoisotopic (exact) mass is 254 g/mol. The summed E-state index contributed by atoms with van der Waals surface area (Å²) in [5.74, 6) is 4.24. The zero-order valence-electron chi connectivity index (χ0n) is 11.3. The van der Waals surface area contributed by atoms with Crippen molar-refractivity contribution in [3.63, 3.8) is 0 Å². The maximum atomic E-state index is 9.32. The lowest BCUT2D eigenvalue weighted by Gasteiger charge is -2.13. The van der Waals surface area contributed by atoms with Gasteiger partial charge in [-0.2, -0.15) is 10.4 Å². The number of nitriles is 1. The second-order valence-electron chi connectivity index (χ2n) is 6.40. The minimum Gasteiger partial charge on any atom is -0.364 e. The van der Waals surface area contributed by atoms with Crippen LogP contribution in [-0.2, 0) is 0 Å². The lowest BCUT2D eigenvalue weighted by molar-refractivity contribution is 0.456. The van der Waals surface area contributed by atoms with Crippen LogP contribution in [0.3, 0.4) is 0 Å². The Labute approximate surface area is 113 Å². The summed E-state index contributed by atoms with van der Waals surface area (Å²) >= 11 is 0. The van der Waals surface area contributed by atoms with E-state index in [0.29, 0.717) is 17.4 Å². The third-order valence-corrected chi connectivity index (χ3v) is 5.61. The average Bonchev–Trinajstić information content (AvgIpc) is 2.81. The van der Waals surface area contributed by atoms with E-state index < -0.39 is 0 Å². The first kappa shape index (κ1) is 11.2. The molecule has 0 amide bonds. The smallest absolute Gasteiger partial charge is 0.167 e. The van der Waals surface area contributed by atoms with Crippen LogP contribution in [0.5, 0.6) is 0 Å². The summed E-state index contributed by atoms with van der Waals surface area (Å²) in [6.45, 7) is 3.85. The molecule has 1 heterocycles. The minimum absolute atomic E-state index is 0.551. The normalized spacial score (nSPS) is 37.8. The Morgan fingerprint density at radius 3 is 2.47 bits per heavy atom. The molecule has 3 aliphatic rings. The SMILES string of the molecule is Cc1nnc(NC2C3C4CCC(C4)C23)c(C#N)c1C. The summed E-state index contributed by atoms with van der Waals surface area (Å²) in [7, 11) is 0. The third-order valence-electron chi connectivity index (χ3n) is 5.61. The molecule has 3 aliphatic carbocycles. The van der Waals surface area contributed by atoms with Gasteiger partial charge in [-0.05, 0) is 62.3 Å². The number of nitrogens with zero attached hydrogens (tertiary/aromatic N) is 3. The average molecular weight is 254 g/mol. The van der Waals surface area contributed by atoms with E-state index in [4.69, 9.17) is 0 Å². The van der Waals surface area contributed by atoms with Crippen LogP contribution < -0.4 is 5.32 Å². The number of fused-ring (bicyclic) bond motifs is 5. The molecule has 19 heavy (non-hydrogen) atoms. The van der Waals surface area contributed by atoms with E-state index in [-0.39, 0.29) is 0 Å². The van der Waals surface area contributed by atoms with Crippen molar-refractivity contribution in [2.75, 3.05) is 5.32 Å². The summed E-state index contributed by atoms with van der Waals surface area (Å²) in [5, 5.41) is 21.2. The highest BCUT2D eigenvalue weighted by molar-refractivity contribution is 5.57. The van der Waals surface area contributed by atoms with Crippen molar-refractivity contribution in [2.24, 2.45) is 23.7 Å². The maximum absolute atomic E-state index is 9.32. The van der Waals surface area contributed by atoms with Crippen LogP contribution in [0.25, 0.3) is 0 Å². The van der Waals surface area contributed by atoms with Crippen molar-refractivity contribution in [3.8, 4) is 6.07 Å². The van der Waals surface area contributed by atoms with Gasteiger partial charge >= 0.3 is 0 Å². The van der Waals surface area contributed by atoms with E-state index in [0.717, 1.165) is 34.9 Å². The van der Waals surface area contributed by atoms with Gasteiger partial charge < -0.3 is 5.32 Å². The van der Waals surface area contributed by atoms with Crippen LogP contribution in [0.1, 0.15) is 36.1 Å². The van der Waals surface area contributed by atoms with Crippen molar-refractivity contribution in [2.45, 2.75) is 39.2 Å². The molecule has 3 fully saturated rings. The second-order valence-corrected chi connectivity index (χ2v) is 6.40. The fourth-order valence-corrected chi connectivity index (χ4v) is 4.52. The zero-order chi connectivity index (χ0) is 13.1. The highest BCUT2D eigenvalue weighted by Gasteiger charge is 2.65. The summed E-state index contributed by atoms with van der Waals surface area (Å²) in [5.41, 5.74) is 2.47. The number of rotatable bonds is 2. The summed E-state index contributed by atoms with van der Waals surface area (Å²) < 4.78 is 0. The van der Waals surface area contributed by atoms with Crippen LogP contribution in [0.4, 0.5) is 5.82 Å². The van der Waals surface area contributed by atoms with Crippen molar-refractivity contribution >= 4 is 5.82 Å². The van der Waals surface area contributed by atoms with Crippen LogP contribution in [0, 0.1) is 48.9 Å². The molecular formula is C15H18N4. The standard InChI is InChI=1S/C15H18N4/c1-7-8(2)18-19-15(11(7)6-16)17-14-12-9-3-4-10(5-9)13(12)14/h9-10,12-14H,3-5H2,1-2H3,(H,17,19). The van der Waals surface area contributed by atoms with Crippen molar-refractivity contribution < 1.29 is 0 Å². The molecule has 1 N–H and O–H groups in total. The van der Waals surface area contributed by atoms with Crippen molar-refractivity contribution in [3.05, 3.63) is 16.8 Å². The maximum Gasteiger partial charge on any atom is 0.167 e. The Kier molecular flexibility index (Phi) is 2.18. The molecule has 4 atom stereocenters. The topological polar surface area (TPSA) is 61.6 Å². The molecule has 0 spiro atoms. The predicted octanol–water partition coefficient (Wildman–Crippen LogP) is 2.42. The van der Waals surface area contributed by atoms with Gasteiger partial charge in [-0.3, -0.25) is 0 Å². The molecule has 0 aromatic carbocycles. The van der Waals surface area contributed by atoms with Gasteiger partial charge in [-0.15, -0.1) is 5.10 Å². The van der Waals surface area contributed by atoms with Crippen LogP contribution in [-0.4, -0.2) is 16.2 Å². The fraction of sp³-hybridized carbons (Fsp3) is 0.667. The number of anilines is 1. The van der Waals surface area contributed by atoms with E-state index in [1.807, 2.05) is 13.8 Å². The van der Waals surface area contributed by atoms with E-state index >= 15 is 0 Å². The van der Waals surface area contributed by atoms with Gasteiger partial charge in [0.15, 0.2) is 5.82 Å². The molecule has 4 heteroatoms. The molecule has 3 saturated carbocycles. The third kappa shape index (κ3) is 1.44. The number of nitrogens with one attached hydrogen (secondary N) is 1. The predicted molar refractivity (Wildman–Crippen MR) is 71.4 cm³/mol. The molecule has 0 aliphatic heterocycles. The second kappa shape index (κ2) is 3.69. The fourth-order valence-electron chi connectivity index (χ4n) is 4.52. The lowest BCUT2D eigenvalue weighted by Crippen LogP contribution is -2.16. The number of aryl methyl sites for hydroxylation is 1. The summed E-state index contributed by atoms with van der Waals surface area (Å²) in [4.78, 5) is 0. The van der Waals surface area contributed by atoms with Gasteiger partial charge in [0.2, 0.25) is 0 Å². The number of hydrogen-bond acceptors (Lipinski definition) is 4. The van der Waals surface area contributed by atoms with Gasteiger partial charge in [0.25, 0.3) is 0 Å². The first-order valence-corrected chi connectivity index (χ1v) is 7.21. The first-order chi connectivity index (χ1) is 9.20. The Morgan fingerprint density at radius 1 is 1.16 bits per heavy atom. The highest BCUT2D eigenvalue weighted by Crippen LogP contribution is 2.66. The molecule has 2 bridgehead atoms. The summed E-state index contributed by atoms with van der Waals surface area (Å²) in [6.07, 6.45) is 4.26. The first-order valence-electron chi connectivity index (χ1n) is 7.21. The van der Waals surface area contributed by atoms with Crippen molar-refractivity contribution in [1.29, 1.82) is 5.26 Å². The van der Waals surface area contributed by atoms with Gasteiger partial charge in [-0.25, -0.2) is 0 Å². The van der Waals surface area contributed by atoms with Crippen LogP contribution in [0.2, 0.25) is 0 Å². The largest absolute Gasteiger partial charge is 0.364 e. The van der Waals surface area contributed by atoms with Gasteiger partial charge in [0.05, 0.1) is 5.69 Å². The minimum atomic E-state index is 0.551. The molecule has 1 aromatic heterocycles. The lowest BCUT2D eigenvalue weighted by atomic mass is 10.0. The van der Waals surface area contributed by atoms with Gasteiger partial charge in [0, 0.05) is 6.04 Å². The molecule has 0 saturated heterocycles. The number of hydrogen-bond donors (Lipinski definition) is 1. The molecule has 0 radical (unpaired) electrons. The number of aromatic nitrogens is 2. The van der Waals surface area contributed by atoms with E-state index in [1.54, 1.807) is 0 Å². The Morgan fingerprint density at radius 2 is 1.84 bits per heavy atom.